The maximum absolute atomic E-state index is 10.5. The molecule has 160 valence electrons. The number of methoxy groups -OCH3 is 1. The van der Waals surface area contributed by atoms with Crippen LogP contribution in [0.5, 0.6) is 11.5 Å². The summed E-state index contributed by atoms with van der Waals surface area (Å²) in [6.07, 6.45) is 3.73. The topological polar surface area (TPSA) is 57.2 Å². The highest BCUT2D eigenvalue weighted by molar-refractivity contribution is 5.72. The first kappa shape index (κ1) is 20.6. The smallest absolute Gasteiger partial charge is 0.120 e. The van der Waals surface area contributed by atoms with E-state index in [4.69, 9.17) is 9.47 Å². The van der Waals surface area contributed by atoms with Crippen molar-refractivity contribution in [3.05, 3.63) is 54.1 Å². The molecule has 0 aromatic heterocycles. The van der Waals surface area contributed by atoms with Gasteiger partial charge in [-0.15, -0.1) is 0 Å². The van der Waals surface area contributed by atoms with Gasteiger partial charge in [0.25, 0.3) is 0 Å². The van der Waals surface area contributed by atoms with Crippen molar-refractivity contribution in [2.75, 3.05) is 56.7 Å². The van der Waals surface area contributed by atoms with Crippen LogP contribution in [-0.4, -0.2) is 68.6 Å². The normalized spacial score (nSPS) is 19.7. The number of anilines is 2. The van der Waals surface area contributed by atoms with Crippen LogP contribution in [0.15, 0.2) is 48.5 Å². The van der Waals surface area contributed by atoms with Crippen molar-refractivity contribution in [3.63, 3.8) is 0 Å². The third-order valence-corrected chi connectivity index (χ3v) is 5.69. The fourth-order valence-corrected chi connectivity index (χ4v) is 3.97. The molecule has 2 N–H and O–H groups in total. The standard InChI is InChI=1S/C24H31N3O3/c1-18-3-4-19-15-23(9-10-24(19)25-18)30-17-21(28)16-26-11-13-27(14-12-26)20-5-7-22(29-2)8-6-20/h3-10,15,18,21,25,28H,11-14,16-17H2,1-2H3/t18?,21-/m0/s1. The zero-order chi connectivity index (χ0) is 20.9. The van der Waals surface area contributed by atoms with Gasteiger partial charge < -0.3 is 24.8 Å². The van der Waals surface area contributed by atoms with E-state index in [-0.39, 0.29) is 0 Å². The maximum atomic E-state index is 10.5. The average molecular weight is 410 g/mol. The van der Waals surface area contributed by atoms with Gasteiger partial charge in [0.2, 0.25) is 0 Å². The minimum atomic E-state index is -0.512. The van der Waals surface area contributed by atoms with Gasteiger partial charge in [0.05, 0.1) is 7.11 Å². The van der Waals surface area contributed by atoms with Crippen molar-refractivity contribution in [2.24, 2.45) is 0 Å². The van der Waals surface area contributed by atoms with Gasteiger partial charge >= 0.3 is 0 Å². The number of hydrogen-bond donors (Lipinski definition) is 2. The average Bonchev–Trinajstić information content (AvgIpc) is 2.78. The third kappa shape index (κ3) is 5.07. The molecule has 0 spiro atoms. The van der Waals surface area contributed by atoms with Crippen molar-refractivity contribution in [3.8, 4) is 11.5 Å². The molecular weight excluding hydrogens is 378 g/mol. The number of fused-ring (bicyclic) bond motifs is 1. The van der Waals surface area contributed by atoms with Crippen molar-refractivity contribution >= 4 is 17.5 Å². The number of nitrogens with one attached hydrogen (secondary N) is 1. The van der Waals surface area contributed by atoms with Gasteiger partial charge in [0.1, 0.15) is 24.2 Å². The summed E-state index contributed by atoms with van der Waals surface area (Å²) in [6, 6.07) is 14.5. The SMILES string of the molecule is COc1ccc(N2CCN(C[C@H](O)COc3ccc4c(c3)C=CC(C)N4)CC2)cc1. The fourth-order valence-electron chi connectivity index (χ4n) is 3.97. The molecule has 2 atom stereocenters. The first-order chi connectivity index (χ1) is 14.6. The predicted octanol–water partition coefficient (Wildman–Crippen LogP) is 3.08. The molecule has 6 heteroatoms. The number of hydrogen-bond acceptors (Lipinski definition) is 6. The van der Waals surface area contributed by atoms with E-state index < -0.39 is 6.10 Å². The van der Waals surface area contributed by atoms with Crippen molar-refractivity contribution in [1.29, 1.82) is 0 Å². The van der Waals surface area contributed by atoms with Crippen LogP contribution in [0, 0.1) is 0 Å². The quantitative estimate of drug-likeness (QED) is 0.733. The second-order valence-electron chi connectivity index (χ2n) is 7.99. The monoisotopic (exact) mass is 409 g/mol. The predicted molar refractivity (Wildman–Crippen MR) is 122 cm³/mol. The van der Waals surface area contributed by atoms with Crippen LogP contribution in [-0.2, 0) is 0 Å². The van der Waals surface area contributed by atoms with Crippen LogP contribution in [0.3, 0.4) is 0 Å². The molecule has 1 saturated heterocycles. The maximum Gasteiger partial charge on any atom is 0.120 e. The summed E-state index contributed by atoms with van der Waals surface area (Å²) in [4.78, 5) is 4.67. The lowest BCUT2D eigenvalue weighted by atomic mass is 10.1. The zero-order valence-corrected chi connectivity index (χ0v) is 17.8. The molecule has 0 amide bonds. The van der Waals surface area contributed by atoms with E-state index in [0.29, 0.717) is 19.2 Å². The van der Waals surface area contributed by atoms with Crippen LogP contribution >= 0.6 is 0 Å². The van der Waals surface area contributed by atoms with Gasteiger partial charge in [0.15, 0.2) is 0 Å². The molecule has 1 fully saturated rings. The summed E-state index contributed by atoms with van der Waals surface area (Å²) in [7, 11) is 1.68. The first-order valence-corrected chi connectivity index (χ1v) is 10.6. The van der Waals surface area contributed by atoms with Crippen LogP contribution in [0.1, 0.15) is 12.5 Å². The number of ether oxygens (including phenoxy) is 2. The molecule has 0 saturated carbocycles. The zero-order valence-electron chi connectivity index (χ0n) is 17.8. The van der Waals surface area contributed by atoms with E-state index in [0.717, 1.165) is 48.9 Å². The van der Waals surface area contributed by atoms with Crippen molar-refractivity contribution in [2.45, 2.75) is 19.1 Å². The molecule has 4 rings (SSSR count). The Labute approximate surface area is 178 Å². The van der Waals surface area contributed by atoms with Gasteiger partial charge in [0, 0.05) is 55.7 Å². The second-order valence-corrected chi connectivity index (χ2v) is 7.99. The van der Waals surface area contributed by atoms with E-state index in [1.807, 2.05) is 30.3 Å². The number of rotatable bonds is 7. The number of nitrogens with zero attached hydrogens (tertiary/aromatic N) is 2. The highest BCUT2D eigenvalue weighted by Crippen LogP contribution is 2.27. The molecule has 1 unspecified atom stereocenters. The Hall–Kier alpha value is -2.70. The lowest BCUT2D eigenvalue weighted by molar-refractivity contribution is 0.0663. The summed E-state index contributed by atoms with van der Waals surface area (Å²) in [5.41, 5.74) is 3.45. The molecule has 2 heterocycles. The van der Waals surface area contributed by atoms with Crippen molar-refractivity contribution < 1.29 is 14.6 Å². The minimum absolute atomic E-state index is 0.297. The summed E-state index contributed by atoms with van der Waals surface area (Å²) in [6.45, 7) is 6.79. The van der Waals surface area contributed by atoms with Gasteiger partial charge in [-0.1, -0.05) is 12.2 Å². The summed E-state index contributed by atoms with van der Waals surface area (Å²) >= 11 is 0. The van der Waals surface area contributed by atoms with E-state index in [2.05, 4.69) is 46.3 Å². The van der Waals surface area contributed by atoms with Crippen LogP contribution < -0.4 is 19.7 Å². The Morgan fingerprint density at radius 2 is 1.80 bits per heavy atom. The molecule has 2 aromatic rings. The van der Waals surface area contributed by atoms with Crippen molar-refractivity contribution in [1.82, 2.24) is 4.90 Å². The van der Waals surface area contributed by atoms with Gasteiger partial charge in [-0.3, -0.25) is 4.90 Å². The molecule has 2 aliphatic heterocycles. The molecule has 0 aliphatic carbocycles. The number of aliphatic hydroxyl groups is 1. The number of aliphatic hydroxyl groups excluding tert-OH is 1. The van der Waals surface area contributed by atoms with E-state index in [1.54, 1.807) is 7.11 Å². The highest BCUT2D eigenvalue weighted by Gasteiger charge is 2.20. The van der Waals surface area contributed by atoms with Gasteiger partial charge in [-0.05, 0) is 49.4 Å². The van der Waals surface area contributed by atoms with Gasteiger partial charge in [-0.2, -0.15) is 0 Å². The summed E-state index contributed by atoms with van der Waals surface area (Å²) < 4.78 is 11.1. The lowest BCUT2D eigenvalue weighted by Gasteiger charge is -2.36. The Kier molecular flexibility index (Phi) is 6.45. The molecule has 6 nitrogen and oxygen atoms in total. The molecule has 0 radical (unpaired) electrons. The number of β-amino-alcohol motifs (C(OH)–C–C–N with tert-alkyl or cyclic N) is 1. The fraction of sp³-hybridized carbons (Fsp3) is 0.417. The molecule has 30 heavy (non-hydrogen) atoms. The first-order valence-electron chi connectivity index (χ1n) is 10.6. The van der Waals surface area contributed by atoms with Crippen LogP contribution in [0.4, 0.5) is 11.4 Å². The molecular formula is C24H31N3O3. The lowest BCUT2D eigenvalue weighted by Crippen LogP contribution is -2.49. The van der Waals surface area contributed by atoms with E-state index >= 15 is 0 Å². The largest absolute Gasteiger partial charge is 0.497 e. The molecule has 0 bridgehead atoms. The Balaban J connectivity index is 1.22. The minimum Gasteiger partial charge on any atom is -0.497 e. The summed E-state index contributed by atoms with van der Waals surface area (Å²) in [5.74, 6) is 1.67. The Bertz CT molecular complexity index is 860. The van der Waals surface area contributed by atoms with Crippen LogP contribution in [0.2, 0.25) is 0 Å². The molecule has 2 aliphatic rings. The number of piperazine rings is 1. The highest BCUT2D eigenvalue weighted by atomic mass is 16.5. The summed E-state index contributed by atoms with van der Waals surface area (Å²) in [5, 5.41) is 13.9. The molecule has 2 aromatic carbocycles. The van der Waals surface area contributed by atoms with E-state index in [1.165, 1.54) is 5.69 Å². The van der Waals surface area contributed by atoms with E-state index in [9.17, 15) is 5.11 Å². The Morgan fingerprint density at radius 1 is 1.07 bits per heavy atom. The van der Waals surface area contributed by atoms with Crippen LogP contribution in [0.25, 0.3) is 6.08 Å². The number of benzene rings is 2. The third-order valence-electron chi connectivity index (χ3n) is 5.69. The Morgan fingerprint density at radius 3 is 2.53 bits per heavy atom. The van der Waals surface area contributed by atoms with Gasteiger partial charge in [-0.25, -0.2) is 0 Å². The second kappa shape index (κ2) is 9.41.